The molecule has 0 bridgehead atoms. The SMILES string of the molecule is NC(=O)C1CCCCN1c1ncnc2cc(Cl)ccc12. The lowest BCUT2D eigenvalue weighted by molar-refractivity contribution is -0.119. The van der Waals surface area contributed by atoms with Gasteiger partial charge in [-0.3, -0.25) is 4.79 Å². The van der Waals surface area contributed by atoms with Gasteiger partial charge in [0.2, 0.25) is 5.91 Å². The van der Waals surface area contributed by atoms with Crippen molar-refractivity contribution < 1.29 is 4.79 Å². The minimum Gasteiger partial charge on any atom is -0.368 e. The summed E-state index contributed by atoms with van der Waals surface area (Å²) in [6.45, 7) is 0.780. The zero-order chi connectivity index (χ0) is 14.1. The van der Waals surface area contributed by atoms with Crippen LogP contribution in [0.4, 0.5) is 5.82 Å². The molecular weight excluding hydrogens is 276 g/mol. The van der Waals surface area contributed by atoms with Crippen molar-refractivity contribution in [2.24, 2.45) is 5.73 Å². The van der Waals surface area contributed by atoms with Gasteiger partial charge in [0.05, 0.1) is 5.52 Å². The number of fused-ring (bicyclic) bond motifs is 1. The molecule has 3 rings (SSSR count). The van der Waals surface area contributed by atoms with Crippen molar-refractivity contribution in [3.63, 3.8) is 0 Å². The van der Waals surface area contributed by atoms with Crippen LogP contribution in [0.3, 0.4) is 0 Å². The summed E-state index contributed by atoms with van der Waals surface area (Å²) in [5.41, 5.74) is 6.29. The molecule has 0 radical (unpaired) electrons. The van der Waals surface area contributed by atoms with Gasteiger partial charge in [-0.1, -0.05) is 11.6 Å². The van der Waals surface area contributed by atoms with Crippen molar-refractivity contribution in [3.8, 4) is 0 Å². The van der Waals surface area contributed by atoms with Crippen LogP contribution in [0.1, 0.15) is 19.3 Å². The number of halogens is 1. The molecule has 1 aliphatic heterocycles. The fraction of sp³-hybridized carbons (Fsp3) is 0.357. The Morgan fingerprint density at radius 1 is 1.35 bits per heavy atom. The summed E-state index contributed by atoms with van der Waals surface area (Å²) in [5, 5.41) is 1.53. The summed E-state index contributed by atoms with van der Waals surface area (Å²) in [5.74, 6) is 0.459. The molecule has 6 heteroatoms. The number of anilines is 1. The van der Waals surface area contributed by atoms with E-state index < -0.39 is 0 Å². The lowest BCUT2D eigenvalue weighted by atomic mass is 10.0. The molecule has 1 aromatic carbocycles. The average Bonchev–Trinajstić information content (AvgIpc) is 2.46. The minimum absolute atomic E-state index is 0.294. The van der Waals surface area contributed by atoms with Gasteiger partial charge < -0.3 is 10.6 Å². The minimum atomic E-state index is -0.301. The molecule has 20 heavy (non-hydrogen) atoms. The number of benzene rings is 1. The highest BCUT2D eigenvalue weighted by Gasteiger charge is 2.29. The monoisotopic (exact) mass is 290 g/mol. The lowest BCUT2D eigenvalue weighted by Crippen LogP contribution is -2.48. The van der Waals surface area contributed by atoms with Crippen molar-refractivity contribution in [3.05, 3.63) is 29.5 Å². The van der Waals surface area contributed by atoms with Crippen LogP contribution >= 0.6 is 11.6 Å². The molecule has 0 saturated carbocycles. The smallest absolute Gasteiger partial charge is 0.240 e. The Bertz CT molecular complexity index is 661. The maximum Gasteiger partial charge on any atom is 0.240 e. The number of hydrogen-bond acceptors (Lipinski definition) is 4. The van der Waals surface area contributed by atoms with Crippen LogP contribution in [0, 0.1) is 0 Å². The molecule has 104 valence electrons. The second kappa shape index (κ2) is 5.25. The van der Waals surface area contributed by atoms with Gasteiger partial charge in [-0.15, -0.1) is 0 Å². The molecule has 1 aromatic heterocycles. The quantitative estimate of drug-likeness (QED) is 0.919. The molecule has 1 amide bonds. The summed E-state index contributed by atoms with van der Waals surface area (Å²) in [6, 6.07) is 5.20. The highest BCUT2D eigenvalue weighted by molar-refractivity contribution is 6.31. The van der Waals surface area contributed by atoms with E-state index in [0.29, 0.717) is 5.02 Å². The van der Waals surface area contributed by atoms with E-state index in [-0.39, 0.29) is 11.9 Å². The number of aromatic nitrogens is 2. The van der Waals surface area contributed by atoms with E-state index in [1.807, 2.05) is 11.0 Å². The van der Waals surface area contributed by atoms with Gasteiger partial charge >= 0.3 is 0 Å². The number of nitrogens with zero attached hydrogens (tertiary/aromatic N) is 3. The Morgan fingerprint density at radius 2 is 2.20 bits per heavy atom. The topological polar surface area (TPSA) is 72.1 Å². The Hall–Kier alpha value is -1.88. The van der Waals surface area contributed by atoms with Crippen molar-refractivity contribution in [2.45, 2.75) is 25.3 Å². The lowest BCUT2D eigenvalue weighted by Gasteiger charge is -2.35. The zero-order valence-corrected chi connectivity index (χ0v) is 11.7. The maximum absolute atomic E-state index is 11.6. The van der Waals surface area contributed by atoms with Crippen molar-refractivity contribution in [1.29, 1.82) is 0 Å². The van der Waals surface area contributed by atoms with Crippen molar-refractivity contribution >= 4 is 34.2 Å². The number of primary amides is 1. The number of rotatable bonds is 2. The van der Waals surface area contributed by atoms with Gasteiger partial charge in [-0.25, -0.2) is 9.97 Å². The number of amides is 1. The third-order valence-electron chi connectivity index (χ3n) is 3.68. The molecule has 2 aromatic rings. The normalized spacial score (nSPS) is 19.2. The second-order valence-corrected chi connectivity index (χ2v) is 5.40. The summed E-state index contributed by atoms with van der Waals surface area (Å²) in [7, 11) is 0. The zero-order valence-electron chi connectivity index (χ0n) is 10.9. The highest BCUT2D eigenvalue weighted by atomic mass is 35.5. The predicted molar refractivity (Wildman–Crippen MR) is 78.7 cm³/mol. The molecule has 0 spiro atoms. The Kier molecular flexibility index (Phi) is 3.44. The molecule has 1 atom stereocenters. The number of nitrogens with two attached hydrogens (primary N) is 1. The van der Waals surface area contributed by atoms with Gasteiger partial charge in [-0.05, 0) is 37.5 Å². The number of piperidine rings is 1. The van der Waals surface area contributed by atoms with E-state index in [9.17, 15) is 4.79 Å². The predicted octanol–water partition coefficient (Wildman–Crippen LogP) is 2.13. The summed E-state index contributed by atoms with van der Waals surface area (Å²) in [6.07, 6.45) is 4.32. The van der Waals surface area contributed by atoms with Crippen LogP contribution in [0.25, 0.3) is 10.9 Å². The summed E-state index contributed by atoms with van der Waals surface area (Å²) >= 11 is 5.99. The maximum atomic E-state index is 11.6. The molecule has 5 nitrogen and oxygen atoms in total. The van der Waals surface area contributed by atoms with E-state index in [1.54, 1.807) is 12.1 Å². The van der Waals surface area contributed by atoms with Gasteiger partial charge in [0.25, 0.3) is 0 Å². The largest absolute Gasteiger partial charge is 0.368 e. The molecule has 1 aliphatic rings. The third kappa shape index (κ3) is 2.29. The second-order valence-electron chi connectivity index (χ2n) is 4.97. The summed E-state index contributed by atoms with van der Waals surface area (Å²) < 4.78 is 0. The Labute approximate surface area is 121 Å². The molecular formula is C14H15ClN4O. The van der Waals surface area contributed by atoms with E-state index in [2.05, 4.69) is 9.97 Å². The molecule has 1 unspecified atom stereocenters. The fourth-order valence-corrected chi connectivity index (χ4v) is 2.89. The number of carbonyl (C=O) groups excluding carboxylic acids is 1. The molecule has 0 aliphatic carbocycles. The highest BCUT2D eigenvalue weighted by Crippen LogP contribution is 2.29. The molecule has 1 saturated heterocycles. The van der Waals surface area contributed by atoms with Crippen LogP contribution in [-0.4, -0.2) is 28.5 Å². The van der Waals surface area contributed by atoms with Gasteiger partial charge in [0, 0.05) is 17.0 Å². The van der Waals surface area contributed by atoms with E-state index in [4.69, 9.17) is 17.3 Å². The average molecular weight is 291 g/mol. The molecule has 2 N–H and O–H groups in total. The first kappa shape index (κ1) is 13.1. The first-order valence-electron chi connectivity index (χ1n) is 6.63. The van der Waals surface area contributed by atoms with Crippen LogP contribution in [0.15, 0.2) is 24.5 Å². The van der Waals surface area contributed by atoms with Gasteiger partial charge in [0.1, 0.15) is 18.2 Å². The van der Waals surface area contributed by atoms with Gasteiger partial charge in [0.15, 0.2) is 0 Å². The van der Waals surface area contributed by atoms with Gasteiger partial charge in [-0.2, -0.15) is 0 Å². The van der Waals surface area contributed by atoms with Crippen LogP contribution in [-0.2, 0) is 4.79 Å². The fourth-order valence-electron chi connectivity index (χ4n) is 2.73. The van der Waals surface area contributed by atoms with Crippen molar-refractivity contribution in [2.75, 3.05) is 11.4 Å². The Balaban J connectivity index is 2.10. The standard InChI is InChI=1S/C14H15ClN4O/c15-9-4-5-10-11(7-9)17-8-18-14(10)19-6-2-1-3-12(19)13(16)20/h4-5,7-8,12H,1-3,6H2,(H2,16,20). The van der Waals surface area contributed by atoms with Crippen LogP contribution in [0.2, 0.25) is 5.02 Å². The van der Waals surface area contributed by atoms with Crippen molar-refractivity contribution in [1.82, 2.24) is 9.97 Å². The van der Waals surface area contributed by atoms with E-state index >= 15 is 0 Å². The van der Waals surface area contributed by atoms with Crippen LogP contribution < -0.4 is 10.6 Å². The van der Waals surface area contributed by atoms with E-state index in [1.165, 1.54) is 6.33 Å². The third-order valence-corrected chi connectivity index (χ3v) is 3.92. The first-order chi connectivity index (χ1) is 9.66. The Morgan fingerprint density at radius 3 is 3.00 bits per heavy atom. The number of carbonyl (C=O) groups is 1. The summed E-state index contributed by atoms with van der Waals surface area (Å²) in [4.78, 5) is 22.2. The molecule has 1 fully saturated rings. The van der Waals surface area contributed by atoms with E-state index in [0.717, 1.165) is 42.5 Å². The molecule has 2 heterocycles. The number of hydrogen-bond donors (Lipinski definition) is 1. The van der Waals surface area contributed by atoms with Crippen LogP contribution in [0.5, 0.6) is 0 Å². The first-order valence-corrected chi connectivity index (χ1v) is 7.01.